The molecule has 2 rings (SSSR count). The fraction of sp³-hybridized carbons (Fsp3) is 0.917. The molecule has 2 heterocycles. The second kappa shape index (κ2) is 5.33. The molecule has 5 nitrogen and oxygen atoms in total. The number of amides is 1. The minimum Gasteiger partial charge on any atom is -0.378 e. The van der Waals surface area contributed by atoms with Crippen molar-refractivity contribution in [3.63, 3.8) is 0 Å². The van der Waals surface area contributed by atoms with Crippen molar-refractivity contribution in [1.29, 1.82) is 0 Å². The first-order valence-electron chi connectivity index (χ1n) is 6.41. The lowest BCUT2D eigenvalue weighted by Crippen LogP contribution is -2.57. The highest BCUT2D eigenvalue weighted by atomic mass is 16.5. The first-order chi connectivity index (χ1) is 8.09. The standard InChI is InChI=1S/C12H23N3O2/c1-12(2)10-17-8-7-15(12)9-11(16)14-5-3-13-4-6-14/h13H,3-10H2,1-2H3. The molecule has 2 saturated heterocycles. The van der Waals surface area contributed by atoms with Gasteiger partial charge >= 0.3 is 0 Å². The molecule has 1 amide bonds. The topological polar surface area (TPSA) is 44.8 Å². The van der Waals surface area contributed by atoms with Gasteiger partial charge < -0.3 is 15.0 Å². The van der Waals surface area contributed by atoms with Gasteiger partial charge in [-0.05, 0) is 13.8 Å². The van der Waals surface area contributed by atoms with Crippen LogP contribution in [0.4, 0.5) is 0 Å². The molecule has 0 aromatic carbocycles. The van der Waals surface area contributed by atoms with E-state index in [4.69, 9.17) is 4.74 Å². The van der Waals surface area contributed by atoms with Crippen LogP contribution in [0.1, 0.15) is 13.8 Å². The van der Waals surface area contributed by atoms with Gasteiger partial charge in [-0.15, -0.1) is 0 Å². The zero-order valence-corrected chi connectivity index (χ0v) is 10.9. The third kappa shape index (κ3) is 3.18. The van der Waals surface area contributed by atoms with Gasteiger partial charge in [0.1, 0.15) is 0 Å². The van der Waals surface area contributed by atoms with Crippen LogP contribution >= 0.6 is 0 Å². The van der Waals surface area contributed by atoms with Crippen LogP contribution in [-0.2, 0) is 9.53 Å². The van der Waals surface area contributed by atoms with E-state index >= 15 is 0 Å². The van der Waals surface area contributed by atoms with Gasteiger partial charge in [-0.25, -0.2) is 0 Å². The van der Waals surface area contributed by atoms with Gasteiger partial charge in [-0.1, -0.05) is 0 Å². The maximum absolute atomic E-state index is 12.2. The third-order valence-electron chi connectivity index (χ3n) is 3.61. The van der Waals surface area contributed by atoms with E-state index in [1.807, 2.05) is 4.90 Å². The molecule has 17 heavy (non-hydrogen) atoms. The summed E-state index contributed by atoms with van der Waals surface area (Å²) in [5.41, 5.74) is -0.0258. The predicted molar refractivity (Wildman–Crippen MR) is 65.9 cm³/mol. The Morgan fingerprint density at radius 3 is 2.65 bits per heavy atom. The van der Waals surface area contributed by atoms with Gasteiger partial charge in [0.2, 0.25) is 5.91 Å². The summed E-state index contributed by atoms with van der Waals surface area (Å²) in [6.07, 6.45) is 0. The van der Waals surface area contributed by atoms with Gasteiger partial charge in [-0.2, -0.15) is 0 Å². The van der Waals surface area contributed by atoms with E-state index in [1.54, 1.807) is 0 Å². The number of rotatable bonds is 2. The van der Waals surface area contributed by atoms with Crippen LogP contribution in [0.15, 0.2) is 0 Å². The molecule has 0 atom stereocenters. The second-order valence-electron chi connectivity index (χ2n) is 5.42. The molecule has 0 bridgehead atoms. The van der Waals surface area contributed by atoms with Crippen molar-refractivity contribution >= 4 is 5.91 Å². The lowest BCUT2D eigenvalue weighted by Gasteiger charge is -2.42. The summed E-state index contributed by atoms with van der Waals surface area (Å²) in [6.45, 7) is 10.6. The molecule has 2 aliphatic rings. The number of hydrogen-bond donors (Lipinski definition) is 1. The number of carbonyl (C=O) groups excluding carboxylic acids is 1. The SMILES string of the molecule is CC1(C)COCCN1CC(=O)N1CCNCC1. The molecule has 0 radical (unpaired) electrons. The van der Waals surface area contributed by atoms with Crippen molar-refractivity contribution in [2.75, 3.05) is 52.5 Å². The Bertz CT molecular complexity index is 275. The van der Waals surface area contributed by atoms with Crippen LogP contribution in [-0.4, -0.2) is 73.7 Å². The first-order valence-corrected chi connectivity index (χ1v) is 6.41. The first kappa shape index (κ1) is 12.8. The van der Waals surface area contributed by atoms with Crippen LogP contribution in [0.5, 0.6) is 0 Å². The molecule has 0 aromatic heterocycles. The molecule has 0 spiro atoms. The number of nitrogens with one attached hydrogen (secondary N) is 1. The van der Waals surface area contributed by atoms with Crippen molar-refractivity contribution in [3.8, 4) is 0 Å². The van der Waals surface area contributed by atoms with Crippen LogP contribution in [0.2, 0.25) is 0 Å². The maximum Gasteiger partial charge on any atom is 0.236 e. The fourth-order valence-electron chi connectivity index (χ4n) is 2.36. The Hall–Kier alpha value is -0.650. The minimum absolute atomic E-state index is 0.0258. The highest BCUT2D eigenvalue weighted by Gasteiger charge is 2.32. The molecule has 0 aliphatic carbocycles. The molecular formula is C12H23N3O2. The van der Waals surface area contributed by atoms with Crippen molar-refractivity contribution in [3.05, 3.63) is 0 Å². The van der Waals surface area contributed by atoms with Gasteiger partial charge in [0.15, 0.2) is 0 Å². The summed E-state index contributed by atoms with van der Waals surface area (Å²) in [5, 5.41) is 3.26. The highest BCUT2D eigenvalue weighted by Crippen LogP contribution is 2.18. The Balaban J connectivity index is 1.88. The average Bonchev–Trinajstić information content (AvgIpc) is 2.33. The number of carbonyl (C=O) groups is 1. The molecule has 2 aliphatic heterocycles. The van der Waals surface area contributed by atoms with Gasteiger partial charge in [0.05, 0.1) is 19.8 Å². The number of morpholine rings is 1. The molecule has 98 valence electrons. The van der Waals surface area contributed by atoms with Crippen molar-refractivity contribution in [2.45, 2.75) is 19.4 Å². The number of ether oxygens (including phenoxy) is 1. The summed E-state index contributed by atoms with van der Waals surface area (Å²) in [5.74, 6) is 0.251. The van der Waals surface area contributed by atoms with Crippen LogP contribution in [0, 0.1) is 0 Å². The number of nitrogens with zero attached hydrogens (tertiary/aromatic N) is 2. The zero-order chi connectivity index (χ0) is 12.3. The summed E-state index contributed by atoms with van der Waals surface area (Å²) in [6, 6.07) is 0. The van der Waals surface area contributed by atoms with Crippen LogP contribution < -0.4 is 5.32 Å². The van der Waals surface area contributed by atoms with E-state index < -0.39 is 0 Å². The fourth-order valence-corrected chi connectivity index (χ4v) is 2.36. The lowest BCUT2D eigenvalue weighted by atomic mass is 10.0. The Labute approximate surface area is 103 Å². The largest absolute Gasteiger partial charge is 0.378 e. The predicted octanol–water partition coefficient (Wildman–Crippen LogP) is -0.471. The van der Waals surface area contributed by atoms with E-state index in [1.165, 1.54) is 0 Å². The summed E-state index contributed by atoms with van der Waals surface area (Å²) in [4.78, 5) is 16.4. The van der Waals surface area contributed by atoms with Crippen molar-refractivity contribution in [2.24, 2.45) is 0 Å². The lowest BCUT2D eigenvalue weighted by molar-refractivity contribution is -0.137. The molecule has 0 saturated carbocycles. The van der Waals surface area contributed by atoms with E-state index in [-0.39, 0.29) is 11.4 Å². The Kier molecular flexibility index (Phi) is 4.01. The van der Waals surface area contributed by atoms with Crippen molar-refractivity contribution in [1.82, 2.24) is 15.1 Å². The second-order valence-corrected chi connectivity index (χ2v) is 5.42. The quantitative estimate of drug-likeness (QED) is 0.710. The van der Waals surface area contributed by atoms with Gasteiger partial charge in [-0.3, -0.25) is 9.69 Å². The van der Waals surface area contributed by atoms with E-state index in [0.717, 1.165) is 39.3 Å². The zero-order valence-electron chi connectivity index (χ0n) is 10.9. The van der Waals surface area contributed by atoms with Gasteiger partial charge in [0, 0.05) is 38.3 Å². The summed E-state index contributed by atoms with van der Waals surface area (Å²) >= 11 is 0. The molecule has 0 aromatic rings. The summed E-state index contributed by atoms with van der Waals surface area (Å²) in [7, 11) is 0. The van der Waals surface area contributed by atoms with E-state index in [9.17, 15) is 4.79 Å². The average molecular weight is 241 g/mol. The smallest absolute Gasteiger partial charge is 0.236 e. The Morgan fingerprint density at radius 2 is 2.00 bits per heavy atom. The molecule has 0 unspecified atom stereocenters. The van der Waals surface area contributed by atoms with Gasteiger partial charge in [0.25, 0.3) is 0 Å². The number of piperazine rings is 1. The highest BCUT2D eigenvalue weighted by molar-refractivity contribution is 5.78. The minimum atomic E-state index is -0.0258. The van der Waals surface area contributed by atoms with E-state index in [0.29, 0.717) is 13.2 Å². The Morgan fingerprint density at radius 1 is 1.29 bits per heavy atom. The molecular weight excluding hydrogens is 218 g/mol. The van der Waals surface area contributed by atoms with E-state index in [2.05, 4.69) is 24.1 Å². The monoisotopic (exact) mass is 241 g/mol. The van der Waals surface area contributed by atoms with Crippen LogP contribution in [0.25, 0.3) is 0 Å². The van der Waals surface area contributed by atoms with Crippen molar-refractivity contribution < 1.29 is 9.53 Å². The summed E-state index contributed by atoms with van der Waals surface area (Å²) < 4.78 is 5.47. The molecule has 5 heteroatoms. The van der Waals surface area contributed by atoms with Crippen LogP contribution in [0.3, 0.4) is 0 Å². The molecule has 1 N–H and O–H groups in total. The maximum atomic E-state index is 12.2. The third-order valence-corrected chi connectivity index (χ3v) is 3.61. The molecule has 2 fully saturated rings. The number of hydrogen-bond acceptors (Lipinski definition) is 4. The normalized spacial score (nSPS) is 25.9.